The van der Waals surface area contributed by atoms with Crippen LogP contribution in [0, 0.1) is 4.77 Å². The van der Waals surface area contributed by atoms with E-state index in [9.17, 15) is 24.3 Å². The van der Waals surface area contributed by atoms with Crippen molar-refractivity contribution in [2.75, 3.05) is 6.61 Å². The zero-order valence-corrected chi connectivity index (χ0v) is 25.0. The van der Waals surface area contributed by atoms with Gasteiger partial charge in [-0.1, -0.05) is 30.3 Å². The fourth-order valence-electron chi connectivity index (χ4n) is 4.50. The largest absolute Gasteiger partial charge is 0.508 e. The molecule has 1 saturated heterocycles. The van der Waals surface area contributed by atoms with E-state index >= 15 is 0 Å². The number of carbonyl (C=O) groups is 4. The number of carbonyl (C=O) groups excluding carboxylic acids is 4. The summed E-state index contributed by atoms with van der Waals surface area (Å²) < 4.78 is 30.5. The summed E-state index contributed by atoms with van der Waals surface area (Å²) in [4.78, 5) is 48.3. The van der Waals surface area contributed by atoms with Gasteiger partial charge in [-0.25, -0.2) is 4.68 Å². The molecule has 1 aliphatic rings. The highest BCUT2D eigenvalue weighted by atomic mass is 32.1. The zero-order valence-electron chi connectivity index (χ0n) is 24.2. The number of esters is 4. The second-order valence-electron chi connectivity index (χ2n) is 9.65. The first-order chi connectivity index (χ1) is 20.9. The Balaban J connectivity index is 1.89. The van der Waals surface area contributed by atoms with Crippen molar-refractivity contribution in [3.8, 4) is 17.1 Å². The second kappa shape index (κ2) is 14.1. The lowest BCUT2D eigenvalue weighted by Crippen LogP contribution is -2.60. The Morgan fingerprint density at radius 1 is 0.886 bits per heavy atom. The number of ether oxygens (including phenoxy) is 5. The third kappa shape index (κ3) is 7.73. The lowest BCUT2D eigenvalue weighted by molar-refractivity contribution is -0.270. The summed E-state index contributed by atoms with van der Waals surface area (Å²) in [5.74, 6) is -2.57. The van der Waals surface area contributed by atoms with Gasteiger partial charge in [0.1, 0.15) is 18.5 Å². The van der Waals surface area contributed by atoms with Gasteiger partial charge in [-0.3, -0.25) is 19.2 Å². The van der Waals surface area contributed by atoms with Crippen LogP contribution in [0.4, 0.5) is 0 Å². The number of phenols is 1. The molecular formula is C29H30N4O10S. The van der Waals surface area contributed by atoms with Crippen LogP contribution in [-0.4, -0.2) is 80.7 Å². The van der Waals surface area contributed by atoms with Crippen molar-refractivity contribution in [1.82, 2.24) is 14.5 Å². The molecule has 2 heterocycles. The SMILES string of the molecule is CC(=O)OC[C@H]1O[C@@H](n2nc(-c3ccccc3)n(/N=C/c3ccc(O)cc3)c2=S)[C@H](OC(C)=O)[C@@H](OC(C)=O)[C@@H]1OC(C)=O. The fourth-order valence-corrected chi connectivity index (χ4v) is 4.78. The fraction of sp³-hybridized carbons (Fsp3) is 0.345. The van der Waals surface area contributed by atoms with Gasteiger partial charge in [-0.05, 0) is 42.0 Å². The Bertz CT molecular complexity index is 1600. The van der Waals surface area contributed by atoms with Crippen LogP contribution in [0.1, 0.15) is 39.5 Å². The minimum absolute atomic E-state index is 0.0141. The number of nitrogens with zero attached hydrogens (tertiary/aromatic N) is 4. The first kappa shape index (κ1) is 32.0. The lowest BCUT2D eigenvalue weighted by Gasteiger charge is -2.44. The van der Waals surface area contributed by atoms with Gasteiger partial charge >= 0.3 is 23.9 Å². The molecule has 0 unspecified atom stereocenters. The normalized spacial score (nSPS) is 21.4. The number of aromatic hydroxyl groups is 1. The molecule has 15 heteroatoms. The van der Waals surface area contributed by atoms with Gasteiger partial charge in [0.05, 0.1) is 6.21 Å². The Hall–Kier alpha value is -4.89. The highest BCUT2D eigenvalue weighted by molar-refractivity contribution is 7.71. The molecule has 3 aromatic rings. The van der Waals surface area contributed by atoms with Gasteiger partial charge in [0.25, 0.3) is 0 Å². The van der Waals surface area contributed by atoms with Crippen molar-refractivity contribution < 1.29 is 48.0 Å². The van der Waals surface area contributed by atoms with Gasteiger partial charge in [-0.15, -0.1) is 5.10 Å². The maximum absolute atomic E-state index is 12.3. The predicted molar refractivity (Wildman–Crippen MR) is 155 cm³/mol. The van der Waals surface area contributed by atoms with Crippen LogP contribution in [0.25, 0.3) is 11.4 Å². The minimum atomic E-state index is -1.42. The summed E-state index contributed by atoms with van der Waals surface area (Å²) in [5, 5.41) is 18.8. The quantitative estimate of drug-likeness (QED) is 0.160. The van der Waals surface area contributed by atoms with Gasteiger partial charge in [0, 0.05) is 33.3 Å². The molecule has 2 aromatic carbocycles. The highest BCUT2D eigenvalue weighted by Gasteiger charge is 2.53. The molecule has 0 aliphatic carbocycles. The van der Waals surface area contributed by atoms with Crippen molar-refractivity contribution in [1.29, 1.82) is 0 Å². The molecule has 0 radical (unpaired) electrons. The molecule has 0 saturated carbocycles. The van der Waals surface area contributed by atoms with Gasteiger partial charge < -0.3 is 28.8 Å². The van der Waals surface area contributed by atoms with Crippen LogP contribution in [-0.2, 0) is 42.9 Å². The Labute approximate surface area is 256 Å². The van der Waals surface area contributed by atoms with E-state index in [1.165, 1.54) is 34.6 Å². The van der Waals surface area contributed by atoms with Crippen molar-refractivity contribution in [3.05, 3.63) is 64.9 Å². The third-order valence-electron chi connectivity index (χ3n) is 6.23. The molecule has 1 fully saturated rings. The van der Waals surface area contributed by atoms with Crippen molar-refractivity contribution in [3.63, 3.8) is 0 Å². The van der Waals surface area contributed by atoms with Crippen molar-refractivity contribution >= 4 is 42.3 Å². The zero-order chi connectivity index (χ0) is 32.0. The Morgan fingerprint density at radius 3 is 2.07 bits per heavy atom. The Morgan fingerprint density at radius 2 is 1.48 bits per heavy atom. The van der Waals surface area contributed by atoms with E-state index in [4.69, 9.17) is 35.9 Å². The van der Waals surface area contributed by atoms with Gasteiger partial charge in [0.15, 0.2) is 30.4 Å². The molecule has 14 nitrogen and oxygen atoms in total. The van der Waals surface area contributed by atoms with Crippen LogP contribution < -0.4 is 0 Å². The monoisotopic (exact) mass is 626 g/mol. The molecule has 1 N–H and O–H groups in total. The summed E-state index contributed by atoms with van der Waals surface area (Å²) in [7, 11) is 0. The molecule has 0 bridgehead atoms. The number of hydrogen-bond acceptors (Lipinski definition) is 13. The smallest absolute Gasteiger partial charge is 0.303 e. The molecule has 5 atom stereocenters. The molecule has 4 rings (SSSR count). The number of rotatable bonds is 9. The number of benzene rings is 2. The summed E-state index contributed by atoms with van der Waals surface area (Å²) in [6.45, 7) is 4.18. The predicted octanol–water partition coefficient (Wildman–Crippen LogP) is 2.92. The summed E-state index contributed by atoms with van der Waals surface area (Å²) >= 11 is 5.78. The maximum atomic E-state index is 12.3. The summed E-state index contributed by atoms with van der Waals surface area (Å²) in [5.41, 5.74) is 1.26. The topological polar surface area (TPSA) is 170 Å². The van der Waals surface area contributed by atoms with E-state index < -0.39 is 61.1 Å². The van der Waals surface area contributed by atoms with Crippen LogP contribution in [0.3, 0.4) is 0 Å². The van der Waals surface area contributed by atoms with E-state index in [0.717, 1.165) is 20.8 Å². The first-order valence-electron chi connectivity index (χ1n) is 13.4. The van der Waals surface area contributed by atoms with E-state index in [2.05, 4.69) is 10.2 Å². The van der Waals surface area contributed by atoms with E-state index in [-0.39, 0.29) is 16.3 Å². The van der Waals surface area contributed by atoms with Crippen LogP contribution in [0.15, 0.2) is 59.7 Å². The maximum Gasteiger partial charge on any atom is 0.303 e. The van der Waals surface area contributed by atoms with Crippen LogP contribution in [0.5, 0.6) is 5.75 Å². The highest BCUT2D eigenvalue weighted by Crippen LogP contribution is 2.35. The lowest BCUT2D eigenvalue weighted by atomic mass is 9.97. The van der Waals surface area contributed by atoms with Crippen molar-refractivity contribution in [2.45, 2.75) is 58.3 Å². The molecule has 0 amide bonds. The molecular weight excluding hydrogens is 596 g/mol. The number of aromatic nitrogens is 3. The van der Waals surface area contributed by atoms with Crippen molar-refractivity contribution in [2.24, 2.45) is 5.10 Å². The third-order valence-corrected chi connectivity index (χ3v) is 6.59. The van der Waals surface area contributed by atoms with Gasteiger partial charge in [0.2, 0.25) is 4.77 Å². The van der Waals surface area contributed by atoms with E-state index in [0.29, 0.717) is 11.1 Å². The first-order valence-corrected chi connectivity index (χ1v) is 13.8. The van der Waals surface area contributed by atoms with E-state index in [1.54, 1.807) is 36.4 Å². The molecule has 44 heavy (non-hydrogen) atoms. The number of hydrogen-bond donors (Lipinski definition) is 1. The molecule has 232 valence electrons. The minimum Gasteiger partial charge on any atom is -0.508 e. The Kier molecular flexibility index (Phi) is 10.2. The summed E-state index contributed by atoms with van der Waals surface area (Å²) in [6.07, 6.45) is -5.23. The average molecular weight is 627 g/mol. The standard InChI is InChI=1S/C29H30N4O10S/c1-16(34)39-15-23-24(40-17(2)35)25(41-18(3)36)26(42-19(4)37)28(43-23)33-29(44)32(27(31-33)21-8-6-5-7-9-21)30-14-20-10-12-22(38)13-11-20/h5-14,23-26,28,38H,15H2,1-4H3/b30-14+/t23-,24-,25+,26-,28-/m1/s1. The molecule has 1 aromatic heterocycles. The molecule has 1 aliphatic heterocycles. The number of phenolic OH excluding ortho intramolecular Hbond substituents is 1. The second-order valence-corrected chi connectivity index (χ2v) is 10.0. The van der Waals surface area contributed by atoms with E-state index in [1.807, 2.05) is 6.07 Å². The van der Waals surface area contributed by atoms with Crippen LogP contribution in [0.2, 0.25) is 0 Å². The average Bonchev–Trinajstić information content (AvgIpc) is 3.29. The van der Waals surface area contributed by atoms with Gasteiger partial charge in [-0.2, -0.15) is 9.78 Å². The molecule has 0 spiro atoms. The van der Waals surface area contributed by atoms with Crippen LogP contribution >= 0.6 is 12.2 Å². The summed E-state index contributed by atoms with van der Waals surface area (Å²) in [6, 6.07) is 15.3.